The maximum absolute atomic E-state index is 12.5. The first-order valence-electron chi connectivity index (χ1n) is 5.84. The van der Waals surface area contributed by atoms with E-state index >= 15 is 0 Å². The molecule has 0 spiro atoms. The zero-order chi connectivity index (χ0) is 13.7. The van der Waals surface area contributed by atoms with Crippen LogP contribution in [0.25, 0.3) is 11.3 Å². The second-order valence-electron chi connectivity index (χ2n) is 4.29. The Morgan fingerprint density at radius 3 is 2.65 bits per heavy atom. The molecule has 3 aromatic heterocycles. The molecule has 0 aliphatic heterocycles. The highest BCUT2D eigenvalue weighted by molar-refractivity contribution is 7.12. The molecule has 1 aliphatic rings. The van der Waals surface area contributed by atoms with Crippen LogP contribution in [-0.2, 0) is 0 Å². The lowest BCUT2D eigenvalue weighted by Crippen LogP contribution is -2.17. The van der Waals surface area contributed by atoms with Gasteiger partial charge in [0.05, 0.1) is 4.88 Å². The van der Waals surface area contributed by atoms with Crippen LogP contribution in [-0.4, -0.2) is 21.7 Å². The van der Waals surface area contributed by atoms with Gasteiger partial charge in [-0.1, -0.05) is 5.16 Å². The number of thiophene rings is 1. The minimum atomic E-state index is -0.288. The predicted octanol–water partition coefficient (Wildman–Crippen LogP) is 2.57. The van der Waals surface area contributed by atoms with Gasteiger partial charge in [-0.15, -0.1) is 11.3 Å². The van der Waals surface area contributed by atoms with Gasteiger partial charge in [0.25, 0.3) is 0 Å². The number of fused-ring (bicyclic) bond motifs is 2. The Labute approximate surface area is 116 Å². The van der Waals surface area contributed by atoms with Gasteiger partial charge in [0.1, 0.15) is 11.3 Å². The topological polar surface area (TPSA) is 73.1 Å². The summed E-state index contributed by atoms with van der Waals surface area (Å²) in [5.74, 6) is -0.478. The molecular formula is C14H6N2O3S. The molecule has 0 atom stereocenters. The summed E-state index contributed by atoms with van der Waals surface area (Å²) in [7, 11) is 0. The Hall–Kier alpha value is -2.60. The van der Waals surface area contributed by atoms with Crippen molar-refractivity contribution in [3.63, 3.8) is 0 Å². The number of aromatic nitrogens is 2. The van der Waals surface area contributed by atoms with Crippen molar-refractivity contribution >= 4 is 22.9 Å². The van der Waals surface area contributed by atoms with E-state index in [0.29, 0.717) is 21.7 Å². The first-order valence-corrected chi connectivity index (χ1v) is 6.72. The Bertz CT molecular complexity index is 848. The lowest BCUT2D eigenvalue weighted by atomic mass is 9.92. The molecule has 0 bridgehead atoms. The third-order valence-electron chi connectivity index (χ3n) is 3.20. The highest BCUT2D eigenvalue weighted by Crippen LogP contribution is 2.35. The average Bonchev–Trinajstić information content (AvgIpc) is 3.13. The smallest absolute Gasteiger partial charge is 0.233 e. The quantitative estimate of drug-likeness (QED) is 0.536. The molecule has 0 unspecified atom stereocenters. The monoisotopic (exact) mass is 282 g/mol. The van der Waals surface area contributed by atoms with Crippen molar-refractivity contribution in [1.82, 2.24) is 10.1 Å². The Balaban J connectivity index is 1.98. The molecule has 0 amide bonds. The number of carbonyl (C=O) groups is 2. The normalized spacial score (nSPS) is 13.2. The van der Waals surface area contributed by atoms with Crippen LogP contribution in [0.3, 0.4) is 0 Å². The summed E-state index contributed by atoms with van der Waals surface area (Å²) in [6.45, 7) is 0. The van der Waals surface area contributed by atoms with Gasteiger partial charge in [0.15, 0.2) is 0 Å². The minimum Gasteiger partial charge on any atom is -0.351 e. The number of carbonyl (C=O) groups excluding carboxylic acids is 2. The second kappa shape index (κ2) is 3.94. The number of rotatable bonds is 1. The molecule has 3 heterocycles. The van der Waals surface area contributed by atoms with E-state index in [9.17, 15) is 9.59 Å². The Morgan fingerprint density at radius 2 is 1.85 bits per heavy atom. The fourth-order valence-electron chi connectivity index (χ4n) is 2.26. The van der Waals surface area contributed by atoms with Crippen LogP contribution in [0.2, 0.25) is 0 Å². The fourth-order valence-corrected chi connectivity index (χ4v) is 3.10. The molecule has 4 rings (SSSR count). The fraction of sp³-hybridized carbons (Fsp3) is 0. The molecule has 0 aromatic carbocycles. The minimum absolute atomic E-state index is 0.0210. The average molecular weight is 282 g/mol. The molecule has 20 heavy (non-hydrogen) atoms. The summed E-state index contributed by atoms with van der Waals surface area (Å²) in [4.78, 5) is 29.1. The molecule has 96 valence electrons. The summed E-state index contributed by atoms with van der Waals surface area (Å²) in [6.07, 6.45) is 3.20. The van der Waals surface area contributed by atoms with E-state index in [0.717, 1.165) is 0 Å². The van der Waals surface area contributed by atoms with Crippen LogP contribution in [0.5, 0.6) is 0 Å². The van der Waals surface area contributed by atoms with Gasteiger partial charge < -0.3 is 4.52 Å². The lowest BCUT2D eigenvalue weighted by Gasteiger charge is -2.08. The van der Waals surface area contributed by atoms with Crippen molar-refractivity contribution in [2.24, 2.45) is 0 Å². The Kier molecular flexibility index (Phi) is 2.22. The predicted molar refractivity (Wildman–Crippen MR) is 70.9 cm³/mol. The maximum Gasteiger partial charge on any atom is 0.233 e. The van der Waals surface area contributed by atoms with Crippen molar-refractivity contribution in [2.75, 3.05) is 0 Å². The number of ketones is 2. The highest BCUT2D eigenvalue weighted by atomic mass is 32.1. The van der Waals surface area contributed by atoms with E-state index in [2.05, 4.69) is 10.1 Å². The van der Waals surface area contributed by atoms with Crippen LogP contribution < -0.4 is 0 Å². The molecule has 1 aliphatic carbocycles. The molecule has 0 N–H and O–H groups in total. The zero-order valence-electron chi connectivity index (χ0n) is 9.99. The third-order valence-corrected chi connectivity index (χ3v) is 4.11. The van der Waals surface area contributed by atoms with Gasteiger partial charge >= 0.3 is 0 Å². The van der Waals surface area contributed by atoms with Gasteiger partial charge in [0.2, 0.25) is 17.3 Å². The molecule has 5 nitrogen and oxygen atoms in total. The van der Waals surface area contributed by atoms with Crippen LogP contribution in [0.1, 0.15) is 31.4 Å². The summed E-state index contributed by atoms with van der Waals surface area (Å²) in [5.41, 5.74) is 1.73. The maximum atomic E-state index is 12.5. The van der Waals surface area contributed by atoms with Gasteiger partial charge in [-0.25, -0.2) is 0 Å². The first-order chi connectivity index (χ1) is 9.77. The summed E-state index contributed by atoms with van der Waals surface area (Å²) in [6, 6.07) is 5.08. The molecule has 0 fully saturated rings. The van der Waals surface area contributed by atoms with Crippen molar-refractivity contribution < 1.29 is 14.1 Å². The zero-order valence-corrected chi connectivity index (χ0v) is 10.8. The van der Waals surface area contributed by atoms with Crippen molar-refractivity contribution in [3.05, 3.63) is 57.7 Å². The molecule has 6 heteroatoms. The number of hydrogen-bond acceptors (Lipinski definition) is 6. The molecular weight excluding hydrogens is 276 g/mol. The van der Waals surface area contributed by atoms with Crippen molar-refractivity contribution in [2.45, 2.75) is 0 Å². The molecule has 0 saturated heterocycles. The first kappa shape index (κ1) is 11.2. The molecule has 3 aromatic rings. The summed E-state index contributed by atoms with van der Waals surface area (Å²) in [5, 5.41) is 5.62. The van der Waals surface area contributed by atoms with E-state index in [1.807, 2.05) is 0 Å². The highest BCUT2D eigenvalue weighted by Gasteiger charge is 2.37. The van der Waals surface area contributed by atoms with E-state index in [1.54, 1.807) is 36.0 Å². The molecule has 0 radical (unpaired) electrons. The molecule has 0 saturated carbocycles. The van der Waals surface area contributed by atoms with E-state index in [1.165, 1.54) is 11.3 Å². The lowest BCUT2D eigenvalue weighted by molar-refractivity contribution is 0.0958. The van der Waals surface area contributed by atoms with Crippen LogP contribution in [0.4, 0.5) is 0 Å². The number of pyridine rings is 1. The van der Waals surface area contributed by atoms with Gasteiger partial charge in [-0.2, -0.15) is 0 Å². The number of nitrogens with zero attached hydrogens (tertiary/aromatic N) is 2. The van der Waals surface area contributed by atoms with E-state index < -0.39 is 0 Å². The summed E-state index contributed by atoms with van der Waals surface area (Å²) < 4.78 is 5.11. The van der Waals surface area contributed by atoms with Crippen molar-refractivity contribution in [1.29, 1.82) is 0 Å². The van der Waals surface area contributed by atoms with Crippen LogP contribution in [0.15, 0.2) is 40.5 Å². The van der Waals surface area contributed by atoms with Crippen LogP contribution >= 0.6 is 11.3 Å². The third kappa shape index (κ3) is 1.36. The van der Waals surface area contributed by atoms with Gasteiger partial charge in [-0.05, 0) is 23.6 Å². The van der Waals surface area contributed by atoms with Gasteiger partial charge in [0, 0.05) is 23.5 Å². The van der Waals surface area contributed by atoms with E-state index in [4.69, 9.17) is 4.52 Å². The second-order valence-corrected chi connectivity index (χ2v) is 5.21. The largest absolute Gasteiger partial charge is 0.351 e. The Morgan fingerprint density at radius 1 is 1.05 bits per heavy atom. The van der Waals surface area contributed by atoms with Crippen molar-refractivity contribution in [3.8, 4) is 11.3 Å². The SMILES string of the molecule is O=C1c2ccsc2C(=O)c2c(-c3ccncc3)noc21. The van der Waals surface area contributed by atoms with Gasteiger partial charge in [-0.3, -0.25) is 14.6 Å². The summed E-state index contributed by atoms with van der Waals surface area (Å²) >= 11 is 1.26. The van der Waals surface area contributed by atoms with Crippen LogP contribution in [0, 0.1) is 0 Å². The number of hydrogen-bond donors (Lipinski definition) is 0. The standard InChI is InChI=1S/C14H6N2O3S/c17-11-8-3-6-20-14(8)12(18)9-10(16-19-13(9)11)7-1-4-15-5-2-7/h1-6H. The van der Waals surface area contributed by atoms with E-state index in [-0.39, 0.29) is 22.9 Å².